The second-order valence-corrected chi connectivity index (χ2v) is 6.61. The Labute approximate surface area is 167 Å². The van der Waals surface area contributed by atoms with Crippen LogP contribution in [-0.4, -0.2) is 15.5 Å². The molecule has 0 atom stereocenters. The van der Waals surface area contributed by atoms with Crippen molar-refractivity contribution in [3.05, 3.63) is 106 Å². The summed E-state index contributed by atoms with van der Waals surface area (Å²) in [5.74, 6) is -0.0193. The molecule has 3 heterocycles. The normalized spacial score (nSPS) is 10.7. The van der Waals surface area contributed by atoms with Crippen molar-refractivity contribution >= 4 is 11.6 Å². The van der Waals surface area contributed by atoms with Gasteiger partial charge in [-0.2, -0.15) is 0 Å². The van der Waals surface area contributed by atoms with Gasteiger partial charge in [0, 0.05) is 36.4 Å². The van der Waals surface area contributed by atoms with Gasteiger partial charge in [-0.1, -0.05) is 18.2 Å². The average Bonchev–Trinajstić information content (AvgIpc) is 3.25. The molecule has 0 saturated carbocycles. The molecule has 4 rings (SSSR count). The molecule has 3 aromatic heterocycles. The molecule has 0 aliphatic heterocycles. The van der Waals surface area contributed by atoms with E-state index < -0.39 is 5.91 Å². The average molecular weight is 385 g/mol. The molecule has 144 valence electrons. The van der Waals surface area contributed by atoms with E-state index >= 15 is 0 Å². The monoisotopic (exact) mass is 385 g/mol. The fraction of sp³-hybridized carbons (Fsp3) is 0.0870. The standard InChI is InChI=1S/C23H19N3O3/c1-16-14-19(27)21(23(28)25-18-6-3-2-4-7-18)22(20-8-5-13-29-20)26(16)15-17-9-11-24-12-10-17/h2-14H,15H2,1H3,(H,25,28). The van der Waals surface area contributed by atoms with Crippen molar-refractivity contribution in [1.82, 2.24) is 9.55 Å². The summed E-state index contributed by atoms with van der Waals surface area (Å²) >= 11 is 0. The number of carbonyl (C=O) groups is 1. The molecule has 6 heteroatoms. The summed E-state index contributed by atoms with van der Waals surface area (Å²) in [4.78, 5) is 30.0. The van der Waals surface area contributed by atoms with E-state index in [9.17, 15) is 9.59 Å². The fourth-order valence-corrected chi connectivity index (χ4v) is 3.25. The van der Waals surface area contributed by atoms with Gasteiger partial charge in [0.1, 0.15) is 11.3 Å². The van der Waals surface area contributed by atoms with Crippen LogP contribution in [0.4, 0.5) is 5.69 Å². The van der Waals surface area contributed by atoms with Crippen LogP contribution in [0.25, 0.3) is 11.5 Å². The van der Waals surface area contributed by atoms with Gasteiger partial charge in [0.25, 0.3) is 5.91 Å². The minimum Gasteiger partial charge on any atom is -0.463 e. The number of amides is 1. The topological polar surface area (TPSA) is 77.1 Å². The molecular weight excluding hydrogens is 366 g/mol. The number of pyridine rings is 2. The van der Waals surface area contributed by atoms with Gasteiger partial charge in [-0.15, -0.1) is 0 Å². The molecule has 0 spiro atoms. The first-order valence-electron chi connectivity index (χ1n) is 9.17. The Bertz CT molecular complexity index is 1180. The lowest BCUT2D eigenvalue weighted by molar-refractivity contribution is 0.102. The maximum absolute atomic E-state index is 13.1. The summed E-state index contributed by atoms with van der Waals surface area (Å²) < 4.78 is 7.51. The van der Waals surface area contributed by atoms with E-state index in [-0.39, 0.29) is 11.0 Å². The fourth-order valence-electron chi connectivity index (χ4n) is 3.25. The molecule has 1 aromatic carbocycles. The number of aryl methyl sites for hydroxylation is 1. The van der Waals surface area contributed by atoms with Crippen LogP contribution in [0.3, 0.4) is 0 Å². The van der Waals surface area contributed by atoms with E-state index in [1.54, 1.807) is 36.7 Å². The van der Waals surface area contributed by atoms with Crippen LogP contribution in [0.2, 0.25) is 0 Å². The van der Waals surface area contributed by atoms with Crippen molar-refractivity contribution in [2.24, 2.45) is 0 Å². The van der Waals surface area contributed by atoms with Gasteiger partial charge in [0.05, 0.1) is 6.26 Å². The van der Waals surface area contributed by atoms with Crippen LogP contribution in [0.15, 0.2) is 88.5 Å². The third kappa shape index (κ3) is 3.87. The lowest BCUT2D eigenvalue weighted by Crippen LogP contribution is -2.26. The van der Waals surface area contributed by atoms with Gasteiger partial charge in [-0.25, -0.2) is 0 Å². The van der Waals surface area contributed by atoms with Gasteiger partial charge >= 0.3 is 0 Å². The van der Waals surface area contributed by atoms with Gasteiger partial charge < -0.3 is 14.3 Å². The maximum Gasteiger partial charge on any atom is 0.261 e. The third-order valence-electron chi connectivity index (χ3n) is 4.62. The Hall–Kier alpha value is -3.93. The van der Waals surface area contributed by atoms with E-state index in [1.807, 2.05) is 41.8 Å². The molecule has 0 aliphatic rings. The van der Waals surface area contributed by atoms with E-state index in [0.717, 1.165) is 11.3 Å². The summed E-state index contributed by atoms with van der Waals surface area (Å²) in [5.41, 5.74) is 2.48. The van der Waals surface area contributed by atoms with E-state index in [1.165, 1.54) is 12.3 Å². The number of anilines is 1. The van der Waals surface area contributed by atoms with Crippen molar-refractivity contribution in [3.63, 3.8) is 0 Å². The van der Waals surface area contributed by atoms with Gasteiger partial charge in [0.2, 0.25) is 0 Å². The molecule has 0 saturated heterocycles. The highest BCUT2D eigenvalue weighted by molar-refractivity contribution is 6.07. The quantitative estimate of drug-likeness (QED) is 0.561. The minimum atomic E-state index is -0.476. The van der Waals surface area contributed by atoms with Crippen LogP contribution in [0, 0.1) is 6.92 Å². The van der Waals surface area contributed by atoms with Crippen molar-refractivity contribution in [3.8, 4) is 11.5 Å². The summed E-state index contributed by atoms with van der Waals surface area (Å²) in [5, 5.41) is 2.81. The number of aromatic nitrogens is 2. The lowest BCUT2D eigenvalue weighted by Gasteiger charge is -2.19. The molecule has 0 bridgehead atoms. The second kappa shape index (κ2) is 7.98. The third-order valence-corrected chi connectivity index (χ3v) is 4.62. The van der Waals surface area contributed by atoms with Gasteiger partial charge in [-0.05, 0) is 48.9 Å². The Morgan fingerprint density at radius 3 is 2.52 bits per heavy atom. The molecular formula is C23H19N3O3. The van der Waals surface area contributed by atoms with E-state index in [0.29, 0.717) is 23.7 Å². The Morgan fingerprint density at radius 2 is 1.83 bits per heavy atom. The minimum absolute atomic E-state index is 0.0449. The highest BCUT2D eigenvalue weighted by Crippen LogP contribution is 2.26. The summed E-state index contributed by atoms with van der Waals surface area (Å²) in [6, 6.07) is 17.8. The zero-order valence-electron chi connectivity index (χ0n) is 15.8. The number of nitrogens with zero attached hydrogens (tertiary/aromatic N) is 2. The van der Waals surface area contributed by atoms with Crippen molar-refractivity contribution in [2.75, 3.05) is 5.32 Å². The molecule has 4 aromatic rings. The zero-order chi connectivity index (χ0) is 20.2. The highest BCUT2D eigenvalue weighted by atomic mass is 16.3. The SMILES string of the molecule is Cc1cc(=O)c(C(=O)Nc2ccccc2)c(-c2ccco2)n1Cc1ccncc1. The van der Waals surface area contributed by atoms with Crippen LogP contribution < -0.4 is 10.7 Å². The first-order chi connectivity index (χ1) is 14.1. The maximum atomic E-state index is 13.1. The molecule has 0 aliphatic carbocycles. The largest absolute Gasteiger partial charge is 0.463 e. The Balaban J connectivity index is 1.87. The number of benzene rings is 1. The van der Waals surface area contributed by atoms with Crippen LogP contribution in [0.5, 0.6) is 0 Å². The molecule has 6 nitrogen and oxygen atoms in total. The van der Waals surface area contributed by atoms with Crippen LogP contribution in [0.1, 0.15) is 21.6 Å². The molecule has 0 unspecified atom stereocenters. The lowest BCUT2D eigenvalue weighted by atomic mass is 10.1. The molecule has 0 radical (unpaired) electrons. The van der Waals surface area contributed by atoms with Crippen molar-refractivity contribution in [2.45, 2.75) is 13.5 Å². The van der Waals surface area contributed by atoms with Gasteiger partial charge in [0.15, 0.2) is 11.2 Å². The smallest absolute Gasteiger partial charge is 0.261 e. The summed E-state index contributed by atoms with van der Waals surface area (Å²) in [6.45, 7) is 2.31. The van der Waals surface area contributed by atoms with E-state index in [2.05, 4.69) is 10.3 Å². The van der Waals surface area contributed by atoms with Gasteiger partial charge in [-0.3, -0.25) is 14.6 Å². The number of carbonyl (C=O) groups excluding carboxylic acids is 1. The number of hydrogen-bond acceptors (Lipinski definition) is 4. The van der Waals surface area contributed by atoms with Crippen LogP contribution >= 0.6 is 0 Å². The predicted molar refractivity (Wildman–Crippen MR) is 111 cm³/mol. The molecule has 29 heavy (non-hydrogen) atoms. The molecule has 1 N–H and O–H groups in total. The second-order valence-electron chi connectivity index (χ2n) is 6.61. The number of rotatable bonds is 5. The number of furan rings is 1. The van der Waals surface area contributed by atoms with E-state index in [4.69, 9.17) is 4.42 Å². The van der Waals surface area contributed by atoms with Crippen molar-refractivity contribution in [1.29, 1.82) is 0 Å². The van der Waals surface area contributed by atoms with Crippen molar-refractivity contribution < 1.29 is 9.21 Å². The molecule has 1 amide bonds. The summed E-state index contributed by atoms with van der Waals surface area (Å²) in [6.07, 6.45) is 4.95. The molecule has 0 fully saturated rings. The highest BCUT2D eigenvalue weighted by Gasteiger charge is 2.23. The predicted octanol–water partition coefficient (Wildman–Crippen LogP) is 4.11. The number of nitrogens with one attached hydrogen (secondary N) is 1. The number of para-hydroxylation sites is 1. The Kier molecular flexibility index (Phi) is 5.07. The van der Waals surface area contributed by atoms with Crippen LogP contribution in [-0.2, 0) is 6.54 Å². The summed E-state index contributed by atoms with van der Waals surface area (Å²) in [7, 11) is 0. The number of hydrogen-bond donors (Lipinski definition) is 1. The Morgan fingerprint density at radius 1 is 1.07 bits per heavy atom. The zero-order valence-corrected chi connectivity index (χ0v) is 15.8. The first-order valence-corrected chi connectivity index (χ1v) is 9.17. The first kappa shape index (κ1) is 18.4.